The molecule has 2 saturated heterocycles. The van der Waals surface area contributed by atoms with E-state index in [2.05, 4.69) is 10.6 Å². The molecule has 0 aromatic heterocycles. The van der Waals surface area contributed by atoms with Crippen molar-refractivity contribution in [2.45, 2.75) is 68.9 Å². The average molecular weight is 650 g/mol. The van der Waals surface area contributed by atoms with Crippen LogP contribution < -0.4 is 14.9 Å². The van der Waals surface area contributed by atoms with Crippen molar-refractivity contribution in [1.82, 2.24) is 15.5 Å². The van der Waals surface area contributed by atoms with Crippen LogP contribution in [0, 0.1) is 11.8 Å². The number of nitrogens with zero attached hydrogens (tertiary/aromatic N) is 2. The number of para-hydroxylation sites is 1. The van der Waals surface area contributed by atoms with E-state index in [1.54, 1.807) is 0 Å². The lowest BCUT2D eigenvalue weighted by Gasteiger charge is -2.41. The van der Waals surface area contributed by atoms with Crippen LogP contribution in [0.2, 0.25) is 5.02 Å². The third kappa shape index (κ3) is 6.70. The molecule has 1 spiro atoms. The topological polar surface area (TPSA) is 98.8 Å². The summed E-state index contributed by atoms with van der Waals surface area (Å²) < 4.78 is 26.7. The number of halogens is 2. The van der Waals surface area contributed by atoms with Gasteiger partial charge in [0.2, 0.25) is 21.8 Å². The van der Waals surface area contributed by atoms with Gasteiger partial charge in [-0.15, -0.1) is 12.4 Å². The maximum atomic E-state index is 14.0. The predicted octanol–water partition coefficient (Wildman–Crippen LogP) is 4.30. The van der Waals surface area contributed by atoms with Crippen molar-refractivity contribution in [3.8, 4) is 0 Å². The second-order valence-electron chi connectivity index (χ2n) is 12.8. The Morgan fingerprint density at radius 2 is 1.72 bits per heavy atom. The molecule has 2 amide bonds. The molecule has 3 fully saturated rings. The van der Waals surface area contributed by atoms with Gasteiger partial charge in [0, 0.05) is 36.5 Å². The highest BCUT2D eigenvalue weighted by atomic mass is 35.5. The zero-order valence-electron chi connectivity index (χ0n) is 24.6. The van der Waals surface area contributed by atoms with E-state index in [4.69, 9.17) is 11.6 Å². The number of rotatable bonds is 6. The molecule has 11 heteroatoms. The largest absolute Gasteiger partial charge is 0.343 e. The van der Waals surface area contributed by atoms with Gasteiger partial charge in [0.1, 0.15) is 6.04 Å². The number of fused-ring (bicyclic) bond motifs is 3. The molecule has 3 heterocycles. The Hall–Kier alpha value is -2.33. The van der Waals surface area contributed by atoms with Crippen molar-refractivity contribution in [1.29, 1.82) is 0 Å². The molecule has 1 aliphatic carbocycles. The minimum Gasteiger partial charge on any atom is -0.343 e. The number of carbonyl (C=O) groups excluding carboxylic acids is 2. The molecule has 8 nitrogen and oxygen atoms in total. The van der Waals surface area contributed by atoms with E-state index in [0.29, 0.717) is 55.8 Å². The number of hydrogen-bond acceptors (Lipinski definition) is 5. The second kappa shape index (κ2) is 13.0. The van der Waals surface area contributed by atoms with E-state index in [-0.39, 0.29) is 35.7 Å². The Balaban J connectivity index is 0.00000368. The van der Waals surface area contributed by atoms with Gasteiger partial charge in [0.05, 0.1) is 18.0 Å². The van der Waals surface area contributed by atoms with Gasteiger partial charge in [-0.25, -0.2) is 8.42 Å². The zero-order valence-corrected chi connectivity index (χ0v) is 27.0. The average Bonchev–Trinajstić information content (AvgIpc) is 3.32. The number of carbonyl (C=O) groups is 2. The Morgan fingerprint density at radius 3 is 2.42 bits per heavy atom. The molecule has 1 saturated carbocycles. The Bertz CT molecular complexity index is 1430. The fourth-order valence-electron chi connectivity index (χ4n) is 7.76. The molecule has 6 rings (SSSR count). The van der Waals surface area contributed by atoms with Crippen LogP contribution in [0.4, 0.5) is 5.69 Å². The summed E-state index contributed by atoms with van der Waals surface area (Å²) in [5, 5.41) is 7.22. The highest BCUT2D eigenvalue weighted by Crippen LogP contribution is 2.48. The fourth-order valence-corrected chi connectivity index (χ4v) is 8.88. The van der Waals surface area contributed by atoms with Crippen LogP contribution in [0.1, 0.15) is 56.1 Å². The summed E-state index contributed by atoms with van der Waals surface area (Å²) in [5.41, 5.74) is 2.39. The molecule has 234 valence electrons. The van der Waals surface area contributed by atoms with Crippen LogP contribution in [0.25, 0.3) is 0 Å². The van der Waals surface area contributed by atoms with E-state index >= 15 is 0 Å². The molecular formula is C32H42Cl2N4O4S. The SMILES string of the molecule is CS(=O)(=O)N1CC2(CCN(C(=O)[C@@H](Cc3ccc(Cl)cc3)NC(=O)C3C[C@@H]4CCCC[C@@H]4CN3)CC2)c2ccccc21.Cl. The van der Waals surface area contributed by atoms with Crippen molar-refractivity contribution < 1.29 is 18.0 Å². The van der Waals surface area contributed by atoms with Gasteiger partial charge in [0.25, 0.3) is 0 Å². The van der Waals surface area contributed by atoms with Gasteiger partial charge in [-0.3, -0.25) is 13.9 Å². The Labute approximate surface area is 266 Å². The van der Waals surface area contributed by atoms with Crippen molar-refractivity contribution in [2.75, 3.05) is 36.7 Å². The quantitative estimate of drug-likeness (QED) is 0.487. The first-order valence-electron chi connectivity index (χ1n) is 15.3. The lowest BCUT2D eigenvalue weighted by Crippen LogP contribution is -2.58. The summed E-state index contributed by atoms with van der Waals surface area (Å²) in [7, 11) is -3.41. The summed E-state index contributed by atoms with van der Waals surface area (Å²) in [4.78, 5) is 29.5. The van der Waals surface area contributed by atoms with Crippen molar-refractivity contribution >= 4 is 51.5 Å². The molecule has 0 radical (unpaired) electrons. The van der Waals surface area contributed by atoms with Crippen LogP contribution in [0.5, 0.6) is 0 Å². The molecule has 1 unspecified atom stereocenters. The van der Waals surface area contributed by atoms with Crippen LogP contribution >= 0.6 is 24.0 Å². The van der Waals surface area contributed by atoms with Gasteiger partial charge >= 0.3 is 0 Å². The molecule has 4 atom stereocenters. The summed E-state index contributed by atoms with van der Waals surface area (Å²) in [6.07, 6.45) is 8.69. The van der Waals surface area contributed by atoms with Crippen LogP contribution in [0.3, 0.4) is 0 Å². The maximum absolute atomic E-state index is 14.0. The lowest BCUT2D eigenvalue weighted by molar-refractivity contribution is -0.138. The monoisotopic (exact) mass is 648 g/mol. The van der Waals surface area contributed by atoms with Gasteiger partial charge in [-0.1, -0.05) is 61.2 Å². The molecule has 3 aliphatic heterocycles. The number of likely N-dealkylation sites (tertiary alicyclic amines) is 1. The number of nitrogens with one attached hydrogen (secondary N) is 2. The Morgan fingerprint density at radius 1 is 1.05 bits per heavy atom. The standard InChI is InChI=1S/C32H41ClN4O4S.ClH/c1-42(40,41)37-21-32(26-8-4-5-9-29(26)37)14-16-36(17-15-32)31(39)28(18-22-10-12-25(33)13-11-22)35-30(38)27-19-23-6-2-3-7-24(23)20-34-27;/h4-5,8-13,23-24,27-28,34H,2-3,6-7,14-21H2,1H3,(H,35,38);1H/t23-,24+,27?,28+;/m0./s1. The second-order valence-corrected chi connectivity index (χ2v) is 15.1. The van der Waals surface area contributed by atoms with E-state index in [1.807, 2.05) is 53.4 Å². The molecular weight excluding hydrogens is 607 g/mol. The van der Waals surface area contributed by atoms with Gasteiger partial charge < -0.3 is 15.5 Å². The van der Waals surface area contributed by atoms with Crippen LogP contribution in [-0.2, 0) is 31.4 Å². The third-order valence-corrected chi connectivity index (χ3v) is 11.5. The number of piperidine rings is 2. The van der Waals surface area contributed by atoms with E-state index in [1.165, 1.54) is 36.2 Å². The fraction of sp³-hybridized carbons (Fsp3) is 0.562. The first-order chi connectivity index (χ1) is 20.1. The predicted molar refractivity (Wildman–Crippen MR) is 172 cm³/mol. The third-order valence-electron chi connectivity index (χ3n) is 10.1. The summed E-state index contributed by atoms with van der Waals surface area (Å²) in [6.45, 7) is 2.26. The molecule has 43 heavy (non-hydrogen) atoms. The van der Waals surface area contributed by atoms with Crippen molar-refractivity contribution in [3.63, 3.8) is 0 Å². The molecule has 2 aromatic carbocycles. The maximum Gasteiger partial charge on any atom is 0.245 e. The first kappa shape index (κ1) is 32.1. The van der Waals surface area contributed by atoms with E-state index in [0.717, 1.165) is 29.8 Å². The molecule has 0 bridgehead atoms. The molecule has 2 N–H and O–H groups in total. The van der Waals surface area contributed by atoms with Crippen LogP contribution in [0.15, 0.2) is 48.5 Å². The first-order valence-corrected chi connectivity index (χ1v) is 17.5. The van der Waals surface area contributed by atoms with Crippen molar-refractivity contribution in [2.24, 2.45) is 11.8 Å². The molecule has 4 aliphatic rings. The summed E-state index contributed by atoms with van der Waals surface area (Å²) in [6, 6.07) is 14.2. The minimum absolute atomic E-state index is 0. The number of amides is 2. The summed E-state index contributed by atoms with van der Waals surface area (Å²) >= 11 is 6.11. The highest BCUT2D eigenvalue weighted by molar-refractivity contribution is 7.92. The Kier molecular flexibility index (Phi) is 9.66. The van der Waals surface area contributed by atoms with Gasteiger partial charge in [0.15, 0.2) is 0 Å². The van der Waals surface area contributed by atoms with E-state index < -0.39 is 16.1 Å². The van der Waals surface area contributed by atoms with Gasteiger partial charge in [-0.05, 0) is 73.4 Å². The molecule has 2 aromatic rings. The number of sulfonamides is 1. The van der Waals surface area contributed by atoms with Crippen LogP contribution in [-0.4, -0.2) is 69.7 Å². The number of benzene rings is 2. The number of anilines is 1. The normalized spacial score (nSPS) is 25.3. The van der Waals surface area contributed by atoms with Crippen molar-refractivity contribution in [3.05, 3.63) is 64.7 Å². The van der Waals surface area contributed by atoms with E-state index in [9.17, 15) is 18.0 Å². The number of hydrogen-bond donors (Lipinski definition) is 2. The highest BCUT2D eigenvalue weighted by Gasteiger charge is 2.48. The minimum atomic E-state index is -3.41. The summed E-state index contributed by atoms with van der Waals surface area (Å²) in [5.74, 6) is 1.02. The lowest BCUT2D eigenvalue weighted by atomic mass is 9.73. The smallest absolute Gasteiger partial charge is 0.245 e. The zero-order chi connectivity index (χ0) is 29.5. The van der Waals surface area contributed by atoms with Gasteiger partial charge in [-0.2, -0.15) is 0 Å².